The van der Waals surface area contributed by atoms with Gasteiger partial charge in [0.1, 0.15) is 0 Å². The predicted octanol–water partition coefficient (Wildman–Crippen LogP) is 3.01. The molecule has 1 fully saturated rings. The van der Waals surface area contributed by atoms with Crippen LogP contribution in [0.25, 0.3) is 6.08 Å². The Hall–Kier alpha value is -2.10. The van der Waals surface area contributed by atoms with Crippen molar-refractivity contribution < 1.29 is 14.7 Å². The van der Waals surface area contributed by atoms with Crippen molar-refractivity contribution in [3.63, 3.8) is 0 Å². The average molecular weight is 287 g/mol. The second-order valence-corrected chi connectivity index (χ2v) is 6.31. The molecule has 4 heteroatoms. The van der Waals surface area contributed by atoms with Crippen LogP contribution in [0.1, 0.15) is 44.4 Å². The lowest BCUT2D eigenvalue weighted by Crippen LogP contribution is -2.29. The van der Waals surface area contributed by atoms with Crippen LogP contribution in [0.15, 0.2) is 30.3 Å². The highest BCUT2D eigenvalue weighted by atomic mass is 16.4. The summed E-state index contributed by atoms with van der Waals surface area (Å²) in [6.45, 7) is 6.16. The molecule has 0 saturated heterocycles. The number of carbonyl (C=O) groups excluding carboxylic acids is 1. The van der Waals surface area contributed by atoms with Crippen LogP contribution in [0.5, 0.6) is 0 Å². The summed E-state index contributed by atoms with van der Waals surface area (Å²) >= 11 is 0. The number of amides is 1. The van der Waals surface area contributed by atoms with E-state index in [0.29, 0.717) is 0 Å². The maximum atomic E-state index is 12.1. The third kappa shape index (κ3) is 3.94. The third-order valence-electron chi connectivity index (χ3n) is 4.04. The molecule has 2 N–H and O–H groups in total. The minimum atomic E-state index is -0.966. The molecular formula is C17H21NO3. The highest BCUT2D eigenvalue weighted by Gasteiger charge is 2.50. The molecule has 0 radical (unpaired) electrons. The van der Waals surface area contributed by atoms with Crippen molar-refractivity contribution in [3.05, 3.63) is 41.5 Å². The number of carboxylic acid groups (broad SMARTS) is 1. The average Bonchev–Trinajstić information content (AvgIpc) is 3.06. The Kier molecular flexibility index (Phi) is 4.16. The molecule has 1 aromatic carbocycles. The van der Waals surface area contributed by atoms with Crippen molar-refractivity contribution in [3.8, 4) is 0 Å². The topological polar surface area (TPSA) is 66.4 Å². The molecule has 112 valence electrons. The molecular weight excluding hydrogens is 266 g/mol. The number of hydrogen-bond donors (Lipinski definition) is 2. The zero-order valence-electron chi connectivity index (χ0n) is 12.6. The van der Waals surface area contributed by atoms with Crippen LogP contribution in [-0.2, 0) is 9.59 Å². The van der Waals surface area contributed by atoms with Gasteiger partial charge < -0.3 is 10.4 Å². The molecule has 1 saturated carbocycles. The maximum Gasteiger partial charge on any atom is 0.328 e. The van der Waals surface area contributed by atoms with Gasteiger partial charge in [-0.25, -0.2) is 4.79 Å². The summed E-state index contributed by atoms with van der Waals surface area (Å²) in [6.07, 6.45) is 3.60. The quantitative estimate of drug-likeness (QED) is 0.818. The van der Waals surface area contributed by atoms with E-state index in [4.69, 9.17) is 5.11 Å². The molecule has 0 spiro atoms. The molecule has 1 aromatic rings. The molecule has 0 bridgehead atoms. The van der Waals surface area contributed by atoms with Crippen molar-refractivity contribution in [2.45, 2.75) is 33.2 Å². The lowest BCUT2D eigenvalue weighted by molar-refractivity contribution is -0.131. The van der Waals surface area contributed by atoms with E-state index in [0.717, 1.165) is 23.6 Å². The number of carbonyl (C=O) groups is 2. The predicted molar refractivity (Wildman–Crippen MR) is 81.6 cm³/mol. The molecule has 2 rings (SSSR count). The molecule has 21 heavy (non-hydrogen) atoms. The second-order valence-electron chi connectivity index (χ2n) is 6.31. The number of rotatable bonds is 5. The zero-order valence-corrected chi connectivity index (χ0v) is 12.6. The highest BCUT2D eigenvalue weighted by Crippen LogP contribution is 2.51. The van der Waals surface area contributed by atoms with E-state index in [1.807, 2.05) is 31.2 Å². The van der Waals surface area contributed by atoms with Gasteiger partial charge in [-0.15, -0.1) is 0 Å². The van der Waals surface area contributed by atoms with E-state index in [9.17, 15) is 9.59 Å². The van der Waals surface area contributed by atoms with Crippen LogP contribution in [0.3, 0.4) is 0 Å². The monoisotopic (exact) mass is 287 g/mol. The third-order valence-corrected chi connectivity index (χ3v) is 4.04. The molecule has 2 unspecified atom stereocenters. The molecule has 0 aromatic heterocycles. The van der Waals surface area contributed by atoms with E-state index >= 15 is 0 Å². The number of aliphatic carboxylic acids is 1. The Balaban J connectivity index is 1.95. The lowest BCUT2D eigenvalue weighted by Gasteiger charge is -2.15. The summed E-state index contributed by atoms with van der Waals surface area (Å²) in [6, 6.07) is 7.46. The molecule has 4 nitrogen and oxygen atoms in total. The summed E-state index contributed by atoms with van der Waals surface area (Å²) in [7, 11) is 0. The van der Waals surface area contributed by atoms with Gasteiger partial charge in [0, 0.05) is 12.0 Å². The van der Waals surface area contributed by atoms with Crippen molar-refractivity contribution in [1.29, 1.82) is 0 Å². The van der Waals surface area contributed by atoms with Gasteiger partial charge >= 0.3 is 5.97 Å². The van der Waals surface area contributed by atoms with E-state index < -0.39 is 5.97 Å². The highest BCUT2D eigenvalue weighted by molar-refractivity contribution is 5.85. The van der Waals surface area contributed by atoms with Crippen molar-refractivity contribution in [2.24, 2.45) is 11.3 Å². The van der Waals surface area contributed by atoms with Gasteiger partial charge in [0.25, 0.3) is 0 Å². The Morgan fingerprint density at radius 3 is 2.38 bits per heavy atom. The first kappa shape index (κ1) is 15.3. The van der Waals surface area contributed by atoms with Gasteiger partial charge in [0.2, 0.25) is 5.91 Å². The fraction of sp³-hybridized carbons (Fsp3) is 0.412. The first-order valence-corrected chi connectivity index (χ1v) is 7.11. The smallest absolute Gasteiger partial charge is 0.328 e. The van der Waals surface area contributed by atoms with E-state index in [2.05, 4.69) is 19.2 Å². The summed E-state index contributed by atoms with van der Waals surface area (Å²) < 4.78 is 0. The maximum absolute atomic E-state index is 12.1. The first-order chi connectivity index (χ1) is 9.79. The number of nitrogens with one attached hydrogen (secondary N) is 1. The van der Waals surface area contributed by atoms with Crippen LogP contribution in [0.4, 0.5) is 0 Å². The van der Waals surface area contributed by atoms with Crippen LogP contribution in [0.2, 0.25) is 0 Å². The Morgan fingerprint density at radius 2 is 1.90 bits per heavy atom. The summed E-state index contributed by atoms with van der Waals surface area (Å²) in [5.41, 5.74) is 1.97. The van der Waals surface area contributed by atoms with Crippen molar-refractivity contribution >= 4 is 18.0 Å². The minimum Gasteiger partial charge on any atom is -0.478 e. The summed E-state index contributed by atoms with van der Waals surface area (Å²) in [5, 5.41) is 11.6. The number of benzene rings is 1. The Morgan fingerprint density at radius 1 is 1.33 bits per heavy atom. The SMILES string of the molecule is CC(NC(=O)C1CC1(C)C)c1ccc(/C=C/C(=O)O)cc1. The second kappa shape index (κ2) is 5.72. The molecule has 2 atom stereocenters. The van der Waals surface area contributed by atoms with Gasteiger partial charge in [0.05, 0.1) is 6.04 Å². The van der Waals surface area contributed by atoms with Gasteiger partial charge in [-0.3, -0.25) is 4.79 Å². The molecule has 0 aliphatic heterocycles. The molecule has 1 aliphatic rings. The molecule has 0 heterocycles. The van der Waals surface area contributed by atoms with E-state index in [1.165, 1.54) is 0 Å². The summed E-state index contributed by atoms with van der Waals surface area (Å²) in [4.78, 5) is 22.5. The number of carboxylic acids is 1. The molecule has 1 aliphatic carbocycles. The van der Waals surface area contributed by atoms with Gasteiger partial charge in [0.15, 0.2) is 0 Å². The van der Waals surface area contributed by atoms with Crippen LogP contribution >= 0.6 is 0 Å². The van der Waals surface area contributed by atoms with Gasteiger partial charge in [-0.2, -0.15) is 0 Å². The van der Waals surface area contributed by atoms with E-state index in [1.54, 1.807) is 6.08 Å². The Bertz CT molecular complexity index is 572. The van der Waals surface area contributed by atoms with Gasteiger partial charge in [-0.05, 0) is 36.0 Å². The lowest BCUT2D eigenvalue weighted by atomic mass is 10.0. The van der Waals surface area contributed by atoms with E-state index in [-0.39, 0.29) is 23.3 Å². The van der Waals surface area contributed by atoms with Crippen LogP contribution in [0, 0.1) is 11.3 Å². The van der Waals surface area contributed by atoms with Gasteiger partial charge in [-0.1, -0.05) is 38.1 Å². The first-order valence-electron chi connectivity index (χ1n) is 7.11. The molecule has 1 amide bonds. The fourth-order valence-electron chi connectivity index (χ4n) is 2.38. The number of hydrogen-bond acceptors (Lipinski definition) is 2. The van der Waals surface area contributed by atoms with Crippen molar-refractivity contribution in [1.82, 2.24) is 5.32 Å². The largest absolute Gasteiger partial charge is 0.478 e. The summed E-state index contributed by atoms with van der Waals surface area (Å²) in [5.74, 6) is -0.730. The van der Waals surface area contributed by atoms with Crippen molar-refractivity contribution in [2.75, 3.05) is 0 Å². The zero-order chi connectivity index (χ0) is 15.6. The standard InChI is InChI=1S/C17H21NO3/c1-11(18-16(21)14-10-17(14,2)3)13-7-4-12(5-8-13)6-9-15(19)20/h4-9,11,14H,10H2,1-3H3,(H,18,21)(H,19,20)/b9-6+. The Labute approximate surface area is 124 Å². The normalized spacial score (nSPS) is 21.0. The van der Waals surface area contributed by atoms with Crippen LogP contribution in [-0.4, -0.2) is 17.0 Å². The fourth-order valence-corrected chi connectivity index (χ4v) is 2.38. The minimum absolute atomic E-state index is 0.0496. The van der Waals surface area contributed by atoms with Crippen LogP contribution < -0.4 is 5.32 Å².